The molecule has 0 bridgehead atoms. The van der Waals surface area contributed by atoms with Gasteiger partial charge in [-0.15, -0.1) is 0 Å². The van der Waals surface area contributed by atoms with Crippen molar-refractivity contribution in [1.29, 1.82) is 0 Å². The van der Waals surface area contributed by atoms with Gasteiger partial charge in [0.15, 0.2) is 5.96 Å². The highest BCUT2D eigenvalue weighted by Gasteiger charge is 2.26. The number of nitrogens with zero attached hydrogens (tertiary/aromatic N) is 3. The molecule has 1 amide bonds. The second kappa shape index (κ2) is 10.0. The molecule has 6 N–H and O–H groups in total. The summed E-state index contributed by atoms with van der Waals surface area (Å²) in [4.78, 5) is 26.6. The molecule has 9 heteroatoms. The summed E-state index contributed by atoms with van der Waals surface area (Å²) in [6, 6.07) is 11.4. The Morgan fingerprint density at radius 1 is 1.12 bits per heavy atom. The van der Waals surface area contributed by atoms with E-state index in [2.05, 4.69) is 25.6 Å². The molecular formula is C25H30FN7O. The molecule has 0 aliphatic heterocycles. The van der Waals surface area contributed by atoms with Gasteiger partial charge in [0.05, 0.1) is 23.6 Å². The number of aryl methyl sites for hydroxylation is 1. The van der Waals surface area contributed by atoms with Gasteiger partial charge < -0.3 is 22.1 Å². The van der Waals surface area contributed by atoms with Crippen LogP contribution in [0.25, 0.3) is 10.9 Å². The van der Waals surface area contributed by atoms with Gasteiger partial charge in [0.2, 0.25) is 5.82 Å². The first-order valence-electron chi connectivity index (χ1n) is 11.5. The second-order valence-electron chi connectivity index (χ2n) is 8.82. The predicted molar refractivity (Wildman–Crippen MR) is 132 cm³/mol. The first kappa shape index (κ1) is 23.4. The molecule has 3 aromatic rings. The van der Waals surface area contributed by atoms with Crippen molar-refractivity contribution < 1.29 is 9.18 Å². The predicted octanol–water partition coefficient (Wildman–Crippen LogP) is 3.56. The van der Waals surface area contributed by atoms with Crippen molar-refractivity contribution in [3.05, 3.63) is 65.2 Å². The highest BCUT2D eigenvalue weighted by molar-refractivity contribution is 5.96. The van der Waals surface area contributed by atoms with Crippen LogP contribution in [-0.2, 0) is 0 Å². The number of amides is 1. The number of guanidine groups is 1. The number of hydrogen-bond acceptors (Lipinski definition) is 5. The minimum absolute atomic E-state index is 0.0106. The van der Waals surface area contributed by atoms with E-state index in [-0.39, 0.29) is 35.7 Å². The zero-order chi connectivity index (χ0) is 24.2. The fourth-order valence-corrected chi connectivity index (χ4v) is 4.35. The Kier molecular flexibility index (Phi) is 6.90. The highest BCUT2D eigenvalue weighted by Crippen LogP contribution is 2.28. The second-order valence-corrected chi connectivity index (χ2v) is 8.82. The van der Waals surface area contributed by atoms with Gasteiger partial charge >= 0.3 is 0 Å². The Bertz CT molecular complexity index is 1210. The summed E-state index contributed by atoms with van der Waals surface area (Å²) in [6.07, 6.45) is 3.87. The molecule has 1 saturated carbocycles. The Morgan fingerprint density at radius 2 is 1.85 bits per heavy atom. The number of rotatable bonds is 6. The lowest BCUT2D eigenvalue weighted by Gasteiger charge is -2.30. The van der Waals surface area contributed by atoms with Crippen LogP contribution in [0.1, 0.15) is 60.4 Å². The number of halogens is 1. The maximum absolute atomic E-state index is 13.3. The number of aromatic nitrogens is 2. The fourth-order valence-electron chi connectivity index (χ4n) is 4.35. The molecular weight excluding hydrogens is 433 g/mol. The van der Waals surface area contributed by atoms with Crippen molar-refractivity contribution in [2.45, 2.75) is 57.7 Å². The average molecular weight is 464 g/mol. The zero-order valence-electron chi connectivity index (χ0n) is 19.4. The van der Waals surface area contributed by atoms with E-state index >= 15 is 0 Å². The van der Waals surface area contributed by atoms with E-state index < -0.39 is 5.91 Å². The topological polar surface area (TPSA) is 131 Å². The van der Waals surface area contributed by atoms with E-state index in [0.717, 1.165) is 42.2 Å². The van der Waals surface area contributed by atoms with Gasteiger partial charge in [-0.3, -0.25) is 4.79 Å². The van der Waals surface area contributed by atoms with E-state index in [9.17, 15) is 9.18 Å². The number of aliphatic imine (C=N–C) groups is 1. The average Bonchev–Trinajstić information content (AvgIpc) is 2.80. The Balaban J connectivity index is 1.64. The van der Waals surface area contributed by atoms with E-state index in [4.69, 9.17) is 11.5 Å². The molecule has 2 aromatic carbocycles. The lowest BCUT2D eigenvalue weighted by molar-refractivity contribution is 0.0930. The third kappa shape index (κ3) is 5.41. The van der Waals surface area contributed by atoms with Crippen molar-refractivity contribution in [2.24, 2.45) is 16.5 Å². The molecule has 1 heterocycles. The summed E-state index contributed by atoms with van der Waals surface area (Å²) < 4.78 is 13.3. The molecule has 0 saturated heterocycles. The van der Waals surface area contributed by atoms with E-state index in [1.807, 2.05) is 32.0 Å². The first-order chi connectivity index (χ1) is 16.3. The highest BCUT2D eigenvalue weighted by atomic mass is 19.1. The smallest absolute Gasteiger partial charge is 0.289 e. The van der Waals surface area contributed by atoms with E-state index in [1.165, 1.54) is 12.1 Å². The number of benzene rings is 2. The molecule has 1 aliphatic carbocycles. The number of nitrogens with one attached hydrogen (secondary N) is 2. The Labute approximate surface area is 198 Å². The largest absolute Gasteiger partial charge is 0.370 e. The summed E-state index contributed by atoms with van der Waals surface area (Å²) in [5.41, 5.74) is 13.8. The van der Waals surface area contributed by atoms with Gasteiger partial charge in [0.1, 0.15) is 11.6 Å². The molecule has 0 radical (unpaired) electrons. The molecule has 8 nitrogen and oxygen atoms in total. The number of anilines is 1. The van der Waals surface area contributed by atoms with Crippen LogP contribution in [0.3, 0.4) is 0 Å². The van der Waals surface area contributed by atoms with Gasteiger partial charge in [-0.1, -0.05) is 36.6 Å². The maximum atomic E-state index is 13.3. The third-order valence-corrected chi connectivity index (χ3v) is 6.14. The molecule has 4 rings (SSSR count). The monoisotopic (exact) mass is 463 g/mol. The summed E-state index contributed by atoms with van der Waals surface area (Å²) in [6.45, 7) is 3.83. The van der Waals surface area contributed by atoms with Crippen LogP contribution in [0.4, 0.5) is 10.2 Å². The normalized spacial score (nSPS) is 18.8. The number of carbonyl (C=O) groups is 1. The number of nitrogens with two attached hydrogens (primary N) is 2. The van der Waals surface area contributed by atoms with Crippen LogP contribution in [-0.4, -0.2) is 33.9 Å². The molecule has 3 atom stereocenters. The molecule has 3 unspecified atom stereocenters. The van der Waals surface area contributed by atoms with Gasteiger partial charge in [-0.05, 0) is 56.5 Å². The minimum Gasteiger partial charge on any atom is -0.370 e. The van der Waals surface area contributed by atoms with Gasteiger partial charge in [0.25, 0.3) is 5.91 Å². The molecule has 178 valence electrons. The summed E-state index contributed by atoms with van der Waals surface area (Å²) in [7, 11) is 0. The van der Waals surface area contributed by atoms with Crippen LogP contribution < -0.4 is 22.1 Å². The summed E-state index contributed by atoms with van der Waals surface area (Å²) >= 11 is 0. The lowest BCUT2D eigenvalue weighted by Crippen LogP contribution is -2.38. The number of carbonyl (C=O) groups excluding carboxylic acids is 1. The lowest BCUT2D eigenvalue weighted by atomic mass is 9.90. The number of fused-ring (bicyclic) bond motifs is 1. The first-order valence-corrected chi connectivity index (χ1v) is 11.5. The Hall–Kier alpha value is -3.75. The van der Waals surface area contributed by atoms with Crippen LogP contribution in [0.5, 0.6) is 0 Å². The standard InChI is InChI=1S/C25H30FN7O/c1-14-7-12-19-18(13-14)22(31-20-5-3-4-6-21(20)32-25(27)28)33-23(30-19)24(34)29-15(2)16-8-10-17(26)11-9-16/h7-13,15,20-21H,3-6H2,1-2H3,(H,29,34)(H4,27,28,32)(H,30,31,33). The Morgan fingerprint density at radius 3 is 2.59 bits per heavy atom. The SMILES string of the molecule is Cc1ccc2nc(C(=O)NC(C)c3ccc(F)cc3)nc(NC3CCCCC3N=C(N)N)c2c1. The maximum Gasteiger partial charge on any atom is 0.289 e. The minimum atomic E-state index is -0.410. The molecule has 34 heavy (non-hydrogen) atoms. The van der Waals surface area contributed by atoms with Crippen molar-refractivity contribution in [3.8, 4) is 0 Å². The summed E-state index contributed by atoms with van der Waals surface area (Å²) in [5, 5.41) is 7.24. The molecule has 1 fully saturated rings. The van der Waals surface area contributed by atoms with E-state index in [1.54, 1.807) is 12.1 Å². The quantitative estimate of drug-likeness (QED) is 0.326. The van der Waals surface area contributed by atoms with Crippen molar-refractivity contribution in [3.63, 3.8) is 0 Å². The van der Waals surface area contributed by atoms with Crippen molar-refractivity contribution in [2.75, 3.05) is 5.32 Å². The van der Waals surface area contributed by atoms with Crippen LogP contribution in [0.2, 0.25) is 0 Å². The van der Waals surface area contributed by atoms with Crippen LogP contribution >= 0.6 is 0 Å². The van der Waals surface area contributed by atoms with Crippen LogP contribution in [0.15, 0.2) is 47.5 Å². The van der Waals surface area contributed by atoms with Crippen LogP contribution in [0, 0.1) is 12.7 Å². The number of hydrogen-bond donors (Lipinski definition) is 4. The fraction of sp³-hybridized carbons (Fsp3) is 0.360. The zero-order valence-corrected chi connectivity index (χ0v) is 19.4. The molecule has 1 aromatic heterocycles. The van der Waals surface area contributed by atoms with Crippen molar-refractivity contribution in [1.82, 2.24) is 15.3 Å². The van der Waals surface area contributed by atoms with Gasteiger partial charge in [-0.25, -0.2) is 19.4 Å². The summed E-state index contributed by atoms with van der Waals surface area (Å²) in [5.74, 6) is -0.0328. The van der Waals surface area contributed by atoms with Gasteiger partial charge in [0, 0.05) is 5.39 Å². The third-order valence-electron chi connectivity index (χ3n) is 6.14. The molecule has 1 aliphatic rings. The van der Waals surface area contributed by atoms with E-state index in [0.29, 0.717) is 11.3 Å². The van der Waals surface area contributed by atoms with Gasteiger partial charge in [-0.2, -0.15) is 0 Å². The molecule has 0 spiro atoms. The van der Waals surface area contributed by atoms with Crippen molar-refractivity contribution >= 4 is 28.6 Å².